The Hall–Kier alpha value is -3.46. The zero-order valence-electron chi connectivity index (χ0n) is 26.1. The third kappa shape index (κ3) is 6.28. The van der Waals surface area contributed by atoms with Gasteiger partial charge in [-0.1, -0.05) is 25.2 Å². The van der Waals surface area contributed by atoms with E-state index < -0.39 is 5.54 Å². The van der Waals surface area contributed by atoms with Crippen LogP contribution in [0.25, 0.3) is 0 Å². The van der Waals surface area contributed by atoms with Gasteiger partial charge in [0.15, 0.2) is 5.82 Å². The second-order valence-electron chi connectivity index (χ2n) is 12.1. The topological polar surface area (TPSA) is 85.2 Å². The Labute approximate surface area is 260 Å². The minimum Gasteiger partial charge on any atom is -0.497 e. The zero-order chi connectivity index (χ0) is 30.7. The largest absolute Gasteiger partial charge is 0.497 e. The molecule has 232 valence electrons. The van der Waals surface area contributed by atoms with Gasteiger partial charge in [0, 0.05) is 30.9 Å². The summed E-state index contributed by atoms with van der Waals surface area (Å²) >= 11 is 7.06. The Morgan fingerprint density at radius 1 is 1.23 bits per heavy atom. The summed E-state index contributed by atoms with van der Waals surface area (Å²) in [5.41, 5.74) is 4.31. The molecule has 10 nitrogen and oxygen atoms in total. The van der Waals surface area contributed by atoms with Crippen molar-refractivity contribution in [3.8, 4) is 11.5 Å². The number of alkyl halides is 1. The number of rotatable bonds is 9. The van der Waals surface area contributed by atoms with Crippen molar-refractivity contribution in [3.05, 3.63) is 47.5 Å². The number of amides is 2. The third-order valence-electron chi connectivity index (χ3n) is 9.07. The Bertz CT molecular complexity index is 1360. The van der Waals surface area contributed by atoms with E-state index in [1.165, 1.54) is 0 Å². The number of fused-ring (bicyclic) bond motifs is 1. The minimum atomic E-state index is -0.535. The van der Waals surface area contributed by atoms with Gasteiger partial charge in [0.05, 0.1) is 50.0 Å². The van der Waals surface area contributed by atoms with Gasteiger partial charge < -0.3 is 24.6 Å². The number of hydrogen-bond donors (Lipinski definition) is 1. The smallest absolute Gasteiger partial charge is 0.331 e. The number of allylic oxidation sites excluding steroid dienone is 2. The van der Waals surface area contributed by atoms with Gasteiger partial charge in [-0.25, -0.2) is 14.7 Å². The Kier molecular flexibility index (Phi) is 9.39. The number of nitrogens with one attached hydrogen (secondary N) is 1. The molecule has 1 aliphatic carbocycles. The minimum absolute atomic E-state index is 0.0342. The summed E-state index contributed by atoms with van der Waals surface area (Å²) in [6.45, 7) is 7.24. The number of anilines is 1. The maximum absolute atomic E-state index is 14.7. The highest BCUT2D eigenvalue weighted by Crippen LogP contribution is 2.45. The Morgan fingerprint density at radius 2 is 2.05 bits per heavy atom. The summed E-state index contributed by atoms with van der Waals surface area (Å²) < 4.78 is 11.3. The van der Waals surface area contributed by atoms with Crippen molar-refractivity contribution in [2.45, 2.75) is 56.5 Å². The van der Waals surface area contributed by atoms with Crippen molar-refractivity contribution in [1.82, 2.24) is 20.1 Å². The number of hydrazone groups is 1. The molecule has 11 heteroatoms. The fourth-order valence-corrected chi connectivity index (χ4v) is 6.71. The number of nitrogens with zero attached hydrogens (tertiary/aromatic N) is 6. The number of ether oxygens (including phenoxy) is 2. The molecule has 2 fully saturated rings. The second-order valence-corrected chi connectivity index (χ2v) is 12.6. The number of likely N-dealkylation sites (N-methyl/N-ethyl adjacent to an activating group) is 1. The van der Waals surface area contributed by atoms with Crippen molar-refractivity contribution in [3.63, 3.8) is 0 Å². The lowest BCUT2D eigenvalue weighted by atomic mass is 9.73. The highest BCUT2D eigenvalue weighted by atomic mass is 35.5. The predicted molar refractivity (Wildman–Crippen MR) is 172 cm³/mol. The maximum atomic E-state index is 14.7. The van der Waals surface area contributed by atoms with E-state index in [0.717, 1.165) is 44.5 Å². The number of benzene rings is 1. The number of amidine groups is 1. The molecule has 0 bridgehead atoms. The lowest BCUT2D eigenvalue weighted by molar-refractivity contribution is 0.0625. The van der Waals surface area contributed by atoms with Gasteiger partial charge in [0.1, 0.15) is 17.3 Å². The number of carbonyl (C=O) groups is 1. The molecule has 2 amide bonds. The van der Waals surface area contributed by atoms with Crippen molar-refractivity contribution in [2.75, 3.05) is 59.4 Å². The van der Waals surface area contributed by atoms with E-state index in [1.807, 2.05) is 29.3 Å². The van der Waals surface area contributed by atoms with E-state index in [2.05, 4.69) is 60.1 Å². The van der Waals surface area contributed by atoms with E-state index in [1.54, 1.807) is 25.2 Å². The monoisotopic (exact) mass is 609 g/mol. The molecule has 5 rings (SSSR count). The lowest BCUT2D eigenvalue weighted by Gasteiger charge is -2.54. The number of aliphatic imine (C=N–C) groups is 1. The van der Waals surface area contributed by atoms with Crippen LogP contribution in [0.5, 0.6) is 11.5 Å². The molecule has 0 aromatic heterocycles. The van der Waals surface area contributed by atoms with Gasteiger partial charge in [-0.05, 0) is 64.4 Å². The van der Waals surface area contributed by atoms with Gasteiger partial charge in [-0.3, -0.25) is 5.01 Å². The highest BCUT2D eigenvalue weighted by Gasteiger charge is 2.52. The van der Waals surface area contributed by atoms with Gasteiger partial charge in [-0.2, -0.15) is 5.10 Å². The quantitative estimate of drug-likeness (QED) is 0.323. The molecule has 3 aliphatic heterocycles. The molecule has 4 atom stereocenters. The van der Waals surface area contributed by atoms with Crippen LogP contribution in [-0.2, 0) is 0 Å². The van der Waals surface area contributed by atoms with Gasteiger partial charge >= 0.3 is 6.03 Å². The van der Waals surface area contributed by atoms with Crippen LogP contribution in [0.15, 0.2) is 57.6 Å². The molecule has 1 N–H and O–H groups in total. The SMILES string of the molecule is COc1ccc(N2C(=O)N([C@@]3(C)C(C)CCCC3Cl)CC3=CCC=C=C(NC4C=NN(CCN(C)C)C4)N=C32)c(OC)c1. The predicted octanol–water partition coefficient (Wildman–Crippen LogP) is 4.68. The summed E-state index contributed by atoms with van der Waals surface area (Å²) in [5.74, 6) is 2.48. The summed E-state index contributed by atoms with van der Waals surface area (Å²) in [6, 6.07) is 5.26. The van der Waals surface area contributed by atoms with Crippen LogP contribution in [0.2, 0.25) is 0 Å². The van der Waals surface area contributed by atoms with Crippen LogP contribution in [-0.4, -0.2) is 104 Å². The Balaban J connectivity index is 1.54. The first-order valence-corrected chi connectivity index (χ1v) is 15.5. The van der Waals surface area contributed by atoms with E-state index in [4.69, 9.17) is 26.1 Å². The Morgan fingerprint density at radius 3 is 2.77 bits per heavy atom. The standard InChI is InChI=1S/C32H44ClN7O3/c1-22-10-9-12-28(33)32(22,2)39-20-23-11-7-8-13-29(35-24-19-34-38(21-24)17-16-37(3)4)36-30(23)40(31(39)41)26-15-14-25(42-5)18-27(26)43-6/h8,11,14-15,18-19,22,24,28,35H,7,9-10,12,16-17,20-21H2,1-6H3/t13?,22?,24?,28?,32-/m0/s1. The van der Waals surface area contributed by atoms with E-state index in [0.29, 0.717) is 41.8 Å². The van der Waals surface area contributed by atoms with Crippen LogP contribution in [0.3, 0.4) is 0 Å². The zero-order valence-corrected chi connectivity index (χ0v) is 26.9. The van der Waals surface area contributed by atoms with Crippen molar-refractivity contribution >= 4 is 35.4 Å². The van der Waals surface area contributed by atoms with E-state index in [-0.39, 0.29) is 23.4 Å². The van der Waals surface area contributed by atoms with Gasteiger partial charge in [0.25, 0.3) is 0 Å². The molecule has 1 aromatic carbocycles. The number of carbonyl (C=O) groups excluding carboxylic acids is 1. The molecule has 1 saturated carbocycles. The van der Waals surface area contributed by atoms with E-state index in [9.17, 15) is 4.79 Å². The van der Waals surface area contributed by atoms with Crippen LogP contribution < -0.4 is 19.7 Å². The average molecular weight is 610 g/mol. The first-order valence-electron chi connectivity index (χ1n) is 15.1. The molecule has 1 aromatic rings. The molecule has 0 radical (unpaired) electrons. The molecule has 3 heterocycles. The van der Waals surface area contributed by atoms with Crippen LogP contribution >= 0.6 is 11.6 Å². The molecule has 4 aliphatic rings. The molecular weight excluding hydrogens is 566 g/mol. The molecule has 0 spiro atoms. The van der Waals surface area contributed by atoms with Gasteiger partial charge in [0.2, 0.25) is 0 Å². The first kappa shape index (κ1) is 31.0. The summed E-state index contributed by atoms with van der Waals surface area (Å²) in [6.07, 6.45) is 9.60. The summed E-state index contributed by atoms with van der Waals surface area (Å²) in [4.78, 5) is 25.6. The van der Waals surface area contributed by atoms with E-state index >= 15 is 0 Å². The fraction of sp³-hybridized carbons (Fsp3) is 0.562. The normalized spacial score (nSPS) is 27.3. The summed E-state index contributed by atoms with van der Waals surface area (Å²) in [5, 5.41) is 9.95. The highest BCUT2D eigenvalue weighted by molar-refractivity contribution is 6.27. The number of urea groups is 1. The molecular formula is C32H44ClN7O3. The van der Waals surface area contributed by atoms with Crippen molar-refractivity contribution in [1.29, 1.82) is 0 Å². The van der Waals surface area contributed by atoms with Crippen molar-refractivity contribution < 1.29 is 14.3 Å². The molecule has 1 saturated heterocycles. The fourth-order valence-electron chi connectivity index (χ4n) is 6.22. The number of hydrogen-bond acceptors (Lipinski definition) is 8. The summed E-state index contributed by atoms with van der Waals surface area (Å²) in [7, 11) is 7.31. The van der Waals surface area contributed by atoms with Crippen LogP contribution in [0.1, 0.15) is 39.5 Å². The number of halogens is 1. The van der Waals surface area contributed by atoms with Gasteiger partial charge in [-0.15, -0.1) is 11.6 Å². The maximum Gasteiger partial charge on any atom is 0.331 e. The first-order chi connectivity index (χ1) is 20.6. The third-order valence-corrected chi connectivity index (χ3v) is 9.73. The lowest BCUT2D eigenvalue weighted by Crippen LogP contribution is -2.67. The van der Waals surface area contributed by atoms with Crippen LogP contribution in [0, 0.1) is 5.92 Å². The van der Waals surface area contributed by atoms with Crippen LogP contribution in [0.4, 0.5) is 10.5 Å². The molecule has 43 heavy (non-hydrogen) atoms. The molecule has 3 unspecified atom stereocenters. The second kappa shape index (κ2) is 13.0. The average Bonchev–Trinajstić information content (AvgIpc) is 3.43. The number of methoxy groups -OCH3 is 2. The van der Waals surface area contributed by atoms with Crippen molar-refractivity contribution in [2.24, 2.45) is 16.0 Å².